The number of amides is 1. The van der Waals surface area contributed by atoms with E-state index in [0.29, 0.717) is 11.7 Å². The third kappa shape index (κ3) is 3.92. The van der Waals surface area contributed by atoms with Crippen molar-refractivity contribution >= 4 is 29.0 Å². The average molecular weight is 362 g/mol. The van der Waals surface area contributed by atoms with Gasteiger partial charge in [-0.25, -0.2) is 9.98 Å². The first-order valence-electron chi connectivity index (χ1n) is 9.06. The van der Waals surface area contributed by atoms with Crippen molar-refractivity contribution in [3.63, 3.8) is 0 Å². The lowest BCUT2D eigenvalue weighted by Crippen LogP contribution is -2.68. The van der Waals surface area contributed by atoms with Crippen LogP contribution in [-0.2, 0) is 4.79 Å². The number of aliphatic imine (C=N–C) groups is 2. The first kappa shape index (κ1) is 18.8. The molecule has 3 rings (SSSR count). The lowest BCUT2D eigenvalue weighted by atomic mass is 9.94. The van der Waals surface area contributed by atoms with Crippen molar-refractivity contribution < 1.29 is 4.79 Å². The van der Waals surface area contributed by atoms with Crippen LogP contribution in [0.15, 0.2) is 58.5 Å². The van der Waals surface area contributed by atoms with Crippen LogP contribution in [0.4, 0.5) is 11.4 Å². The van der Waals surface area contributed by atoms with Gasteiger partial charge in [-0.3, -0.25) is 9.80 Å². The Labute approximate surface area is 161 Å². The van der Waals surface area contributed by atoms with Crippen molar-refractivity contribution in [2.75, 3.05) is 7.05 Å². The molecule has 1 amide bonds. The van der Waals surface area contributed by atoms with Crippen LogP contribution >= 0.6 is 0 Å². The zero-order chi connectivity index (χ0) is 19.8. The van der Waals surface area contributed by atoms with Gasteiger partial charge in [0.2, 0.25) is 5.84 Å². The summed E-state index contributed by atoms with van der Waals surface area (Å²) in [5, 5.41) is 3.37. The smallest absolute Gasteiger partial charge is 0.252 e. The molecule has 1 aliphatic heterocycles. The predicted molar refractivity (Wildman–Crippen MR) is 111 cm³/mol. The number of aryl methyl sites for hydroxylation is 2. The van der Waals surface area contributed by atoms with Crippen LogP contribution in [0.5, 0.6) is 0 Å². The highest BCUT2D eigenvalue weighted by Gasteiger charge is 2.45. The molecule has 1 saturated heterocycles. The number of benzene rings is 2. The van der Waals surface area contributed by atoms with Gasteiger partial charge in [0.25, 0.3) is 5.91 Å². The van der Waals surface area contributed by atoms with Gasteiger partial charge in [0.05, 0.1) is 11.4 Å². The Bertz CT molecular complexity index is 903. The molecule has 0 N–H and O–H groups in total. The molecular weight excluding hydrogens is 336 g/mol. The van der Waals surface area contributed by atoms with Gasteiger partial charge >= 0.3 is 0 Å². The summed E-state index contributed by atoms with van der Waals surface area (Å²) in [5.41, 5.74) is 3.46. The van der Waals surface area contributed by atoms with E-state index < -0.39 is 5.41 Å². The van der Waals surface area contributed by atoms with Gasteiger partial charge in [-0.05, 0) is 38.1 Å². The van der Waals surface area contributed by atoms with E-state index in [1.165, 1.54) is 11.1 Å². The Morgan fingerprint density at radius 2 is 1.19 bits per heavy atom. The number of rotatable bonds is 2. The monoisotopic (exact) mass is 362 g/mol. The van der Waals surface area contributed by atoms with E-state index >= 15 is 0 Å². The molecule has 0 bridgehead atoms. The third-order valence-electron chi connectivity index (χ3n) is 4.38. The van der Waals surface area contributed by atoms with Crippen molar-refractivity contribution in [3.8, 4) is 0 Å². The Kier molecular flexibility index (Phi) is 4.87. The molecule has 0 unspecified atom stereocenters. The van der Waals surface area contributed by atoms with E-state index in [2.05, 4.69) is 0 Å². The molecule has 2 aromatic carbocycles. The highest BCUT2D eigenvalue weighted by Crippen LogP contribution is 2.28. The number of hydrogen-bond acceptors (Lipinski definition) is 3. The summed E-state index contributed by atoms with van der Waals surface area (Å²) in [6.45, 7) is 9.79. The van der Waals surface area contributed by atoms with Gasteiger partial charge in [0, 0.05) is 12.5 Å². The standard InChI is InChI=1S/C22H26N4O/c1-15-7-11-17(12-8-15)23-19-20(24-18-13-9-16(2)10-14-18)26(25(19)6)21(27)22(3,4)5/h7-14H,1-6H3. The van der Waals surface area contributed by atoms with Crippen molar-refractivity contribution in [2.24, 2.45) is 15.4 Å². The number of likely N-dealkylation sites (N-methyl/N-ethyl adjacent to an activating group) is 1. The molecule has 0 aliphatic carbocycles. The van der Waals surface area contributed by atoms with E-state index in [9.17, 15) is 4.79 Å². The first-order chi connectivity index (χ1) is 12.7. The molecule has 1 aliphatic rings. The van der Waals surface area contributed by atoms with Crippen molar-refractivity contribution in [2.45, 2.75) is 34.6 Å². The van der Waals surface area contributed by atoms with Crippen LogP contribution in [-0.4, -0.2) is 34.6 Å². The molecule has 0 radical (unpaired) electrons. The molecule has 5 heteroatoms. The second-order valence-electron chi connectivity index (χ2n) is 7.93. The number of hydrogen-bond donors (Lipinski definition) is 0. The maximum Gasteiger partial charge on any atom is 0.252 e. The molecule has 0 spiro atoms. The molecule has 1 heterocycles. The fraction of sp³-hybridized carbons (Fsp3) is 0.318. The number of carbonyl (C=O) groups is 1. The minimum absolute atomic E-state index is 0.0151. The molecule has 5 nitrogen and oxygen atoms in total. The Morgan fingerprint density at radius 3 is 1.59 bits per heavy atom. The first-order valence-corrected chi connectivity index (χ1v) is 9.06. The van der Waals surface area contributed by atoms with E-state index in [0.717, 1.165) is 11.4 Å². The zero-order valence-electron chi connectivity index (χ0n) is 16.8. The van der Waals surface area contributed by atoms with Crippen LogP contribution < -0.4 is 0 Å². The maximum absolute atomic E-state index is 12.9. The van der Waals surface area contributed by atoms with Crippen LogP contribution in [0.25, 0.3) is 0 Å². The maximum atomic E-state index is 12.9. The van der Waals surface area contributed by atoms with Gasteiger partial charge in [-0.1, -0.05) is 56.2 Å². The van der Waals surface area contributed by atoms with Gasteiger partial charge in [-0.2, -0.15) is 5.01 Å². The summed E-state index contributed by atoms with van der Waals surface area (Å²) < 4.78 is 0. The quantitative estimate of drug-likeness (QED) is 0.770. The lowest BCUT2D eigenvalue weighted by Gasteiger charge is -2.46. The number of nitrogens with zero attached hydrogens (tertiary/aromatic N) is 4. The van der Waals surface area contributed by atoms with Crippen LogP contribution in [0, 0.1) is 19.3 Å². The summed E-state index contributed by atoms with van der Waals surface area (Å²) in [7, 11) is 1.84. The topological polar surface area (TPSA) is 48.3 Å². The lowest BCUT2D eigenvalue weighted by molar-refractivity contribution is -0.144. The fourth-order valence-electron chi connectivity index (χ4n) is 2.68. The van der Waals surface area contributed by atoms with Gasteiger partial charge in [-0.15, -0.1) is 0 Å². The second kappa shape index (κ2) is 6.99. The van der Waals surface area contributed by atoms with Crippen LogP contribution in [0.2, 0.25) is 0 Å². The van der Waals surface area contributed by atoms with Crippen LogP contribution in [0.1, 0.15) is 31.9 Å². The SMILES string of the molecule is Cc1ccc(N=C2C(=Nc3ccc(C)cc3)N(C(=O)C(C)(C)C)N2C)cc1. The normalized spacial score (nSPS) is 17.4. The predicted octanol–water partition coefficient (Wildman–Crippen LogP) is 4.80. The molecule has 1 fully saturated rings. The second-order valence-corrected chi connectivity index (χ2v) is 7.93. The average Bonchev–Trinajstić information content (AvgIpc) is 2.61. The highest BCUT2D eigenvalue weighted by molar-refractivity contribution is 6.48. The third-order valence-corrected chi connectivity index (χ3v) is 4.38. The Morgan fingerprint density at radius 1 is 0.778 bits per heavy atom. The van der Waals surface area contributed by atoms with Crippen LogP contribution in [0.3, 0.4) is 0 Å². The minimum atomic E-state index is -0.516. The van der Waals surface area contributed by atoms with Crippen molar-refractivity contribution in [1.29, 1.82) is 0 Å². The minimum Gasteiger partial charge on any atom is -0.272 e. The molecule has 2 aromatic rings. The van der Waals surface area contributed by atoms with Gasteiger partial charge < -0.3 is 0 Å². The molecule has 27 heavy (non-hydrogen) atoms. The van der Waals surface area contributed by atoms with Gasteiger partial charge in [0.1, 0.15) is 0 Å². The van der Waals surface area contributed by atoms with E-state index in [4.69, 9.17) is 9.98 Å². The zero-order valence-corrected chi connectivity index (χ0v) is 16.8. The molecule has 140 valence electrons. The van der Waals surface area contributed by atoms with Gasteiger partial charge in [0.15, 0.2) is 5.84 Å². The summed E-state index contributed by atoms with van der Waals surface area (Å²) in [5.74, 6) is 1.23. The van der Waals surface area contributed by atoms with Crippen molar-refractivity contribution in [3.05, 3.63) is 59.7 Å². The summed E-state index contributed by atoms with van der Waals surface area (Å²) in [6.07, 6.45) is 0. The molecule has 0 atom stereocenters. The van der Waals surface area contributed by atoms with E-state index in [-0.39, 0.29) is 5.91 Å². The molecule has 0 saturated carbocycles. The highest BCUT2D eigenvalue weighted by atomic mass is 16.2. The number of carbonyl (C=O) groups excluding carboxylic acids is 1. The summed E-state index contributed by atoms with van der Waals surface area (Å²) in [6, 6.07) is 15.9. The number of hydrazine groups is 1. The summed E-state index contributed by atoms with van der Waals surface area (Å²) in [4.78, 5) is 22.3. The molecule has 0 aromatic heterocycles. The fourth-order valence-corrected chi connectivity index (χ4v) is 2.68. The molecular formula is C22H26N4O. The van der Waals surface area contributed by atoms with Crippen molar-refractivity contribution in [1.82, 2.24) is 10.0 Å². The van der Waals surface area contributed by atoms with E-state index in [1.807, 2.05) is 90.2 Å². The number of amidine groups is 2. The van der Waals surface area contributed by atoms with E-state index in [1.54, 1.807) is 10.0 Å². The summed E-state index contributed by atoms with van der Waals surface area (Å²) >= 11 is 0. The Balaban J connectivity index is 2.03. The largest absolute Gasteiger partial charge is 0.272 e. The Hall–Kier alpha value is -2.95.